The van der Waals surface area contributed by atoms with Gasteiger partial charge in [0.05, 0.1) is 6.10 Å². The van der Waals surface area contributed by atoms with E-state index in [1.54, 1.807) is 6.92 Å². The second kappa shape index (κ2) is 6.87. The van der Waals surface area contributed by atoms with Crippen molar-refractivity contribution in [3.63, 3.8) is 0 Å². The molecule has 0 unspecified atom stereocenters. The van der Waals surface area contributed by atoms with Crippen molar-refractivity contribution in [3.05, 3.63) is 0 Å². The molecule has 0 radical (unpaired) electrons. The average Bonchev–Trinajstić information content (AvgIpc) is 2.46. The van der Waals surface area contributed by atoms with Crippen LogP contribution in [0.2, 0.25) is 0 Å². The van der Waals surface area contributed by atoms with E-state index in [0.29, 0.717) is 0 Å². The molecule has 5 nitrogen and oxygen atoms in total. The lowest BCUT2D eigenvalue weighted by atomic mass is 9.79. The smallest absolute Gasteiger partial charge is 0.242 e. The molecule has 1 amide bonds. The molecule has 3 N–H and O–H groups in total. The first-order valence-electron chi connectivity index (χ1n) is 7.90. The predicted octanol–water partition coefficient (Wildman–Crippen LogP) is 0.275. The highest BCUT2D eigenvalue weighted by molar-refractivity contribution is 5.82. The summed E-state index contributed by atoms with van der Waals surface area (Å²) in [6, 6.07) is -0.769. The van der Waals surface area contributed by atoms with Crippen molar-refractivity contribution in [2.45, 2.75) is 44.8 Å². The third-order valence-electron chi connectivity index (χ3n) is 5.09. The summed E-state index contributed by atoms with van der Waals surface area (Å²) in [5.74, 6) is 1.49. The fourth-order valence-corrected chi connectivity index (χ4v) is 3.51. The van der Waals surface area contributed by atoms with Crippen molar-refractivity contribution in [3.8, 4) is 0 Å². The maximum absolute atomic E-state index is 12.1. The van der Waals surface area contributed by atoms with Crippen LogP contribution in [0.3, 0.4) is 0 Å². The third-order valence-corrected chi connectivity index (χ3v) is 5.09. The van der Waals surface area contributed by atoms with Gasteiger partial charge in [-0.2, -0.15) is 0 Å². The minimum atomic E-state index is -0.769. The van der Waals surface area contributed by atoms with Crippen molar-refractivity contribution in [2.75, 3.05) is 33.2 Å². The number of nitrogens with zero attached hydrogens (tertiary/aromatic N) is 2. The molecule has 2 rings (SSSR count). The monoisotopic (exact) mass is 283 g/mol. The Morgan fingerprint density at radius 2 is 1.55 bits per heavy atom. The minimum Gasteiger partial charge on any atom is -0.391 e. The van der Waals surface area contributed by atoms with Gasteiger partial charge in [-0.25, -0.2) is 0 Å². The van der Waals surface area contributed by atoms with E-state index in [4.69, 9.17) is 5.73 Å². The van der Waals surface area contributed by atoms with E-state index in [-0.39, 0.29) is 5.91 Å². The van der Waals surface area contributed by atoms with E-state index < -0.39 is 12.1 Å². The summed E-state index contributed by atoms with van der Waals surface area (Å²) in [5, 5.41) is 9.43. The Morgan fingerprint density at radius 3 is 2.00 bits per heavy atom. The summed E-state index contributed by atoms with van der Waals surface area (Å²) in [4.78, 5) is 16.3. The van der Waals surface area contributed by atoms with Gasteiger partial charge in [-0.15, -0.1) is 0 Å². The van der Waals surface area contributed by atoms with Crippen LogP contribution in [0, 0.1) is 11.8 Å². The highest BCUT2D eigenvalue weighted by atomic mass is 16.3. The highest BCUT2D eigenvalue weighted by Crippen LogP contribution is 2.32. The zero-order valence-corrected chi connectivity index (χ0v) is 12.8. The fraction of sp³-hybridized carbons (Fsp3) is 0.933. The van der Waals surface area contributed by atoms with Crippen LogP contribution >= 0.6 is 0 Å². The third kappa shape index (κ3) is 3.71. The molecule has 116 valence electrons. The molecule has 2 saturated heterocycles. The van der Waals surface area contributed by atoms with Crippen molar-refractivity contribution < 1.29 is 9.90 Å². The highest BCUT2D eigenvalue weighted by Gasteiger charge is 2.32. The molecule has 0 aromatic rings. The van der Waals surface area contributed by atoms with Crippen LogP contribution in [0.4, 0.5) is 0 Å². The number of aliphatic hydroxyl groups is 1. The molecule has 0 aromatic heterocycles. The standard InChI is InChI=1S/C15H29N3O2/c1-11(19)14(16)15(20)18-9-5-13(6-10-18)12-3-7-17(2)8-4-12/h11-14,19H,3-10,16H2,1-2H3/t11-,14-/m1/s1. The van der Waals surface area contributed by atoms with Gasteiger partial charge in [-0.1, -0.05) is 0 Å². The first kappa shape index (κ1) is 15.7. The molecule has 2 atom stereocenters. The van der Waals surface area contributed by atoms with Crippen LogP contribution in [-0.2, 0) is 4.79 Å². The molecule has 0 bridgehead atoms. The lowest BCUT2D eigenvalue weighted by Crippen LogP contribution is -2.52. The number of nitrogens with two attached hydrogens (primary N) is 1. The van der Waals surface area contributed by atoms with Crippen LogP contribution in [0.5, 0.6) is 0 Å². The lowest BCUT2D eigenvalue weighted by Gasteiger charge is -2.40. The van der Waals surface area contributed by atoms with E-state index in [1.807, 2.05) is 4.90 Å². The largest absolute Gasteiger partial charge is 0.391 e. The van der Waals surface area contributed by atoms with Gasteiger partial charge in [-0.3, -0.25) is 4.79 Å². The quantitative estimate of drug-likeness (QED) is 0.780. The number of carbonyl (C=O) groups is 1. The van der Waals surface area contributed by atoms with Crippen molar-refractivity contribution in [2.24, 2.45) is 17.6 Å². The Balaban J connectivity index is 1.79. The summed E-state index contributed by atoms with van der Waals surface area (Å²) in [6.45, 7) is 5.59. The van der Waals surface area contributed by atoms with Crippen LogP contribution < -0.4 is 5.73 Å². The van der Waals surface area contributed by atoms with Crippen molar-refractivity contribution in [1.29, 1.82) is 0 Å². The molecule has 0 aromatic carbocycles. The molecular weight excluding hydrogens is 254 g/mol. The topological polar surface area (TPSA) is 69.8 Å². The van der Waals surface area contributed by atoms with Gasteiger partial charge in [0.2, 0.25) is 5.91 Å². The number of piperidine rings is 2. The number of hydrogen-bond acceptors (Lipinski definition) is 4. The summed E-state index contributed by atoms with van der Waals surface area (Å²) >= 11 is 0. The first-order chi connectivity index (χ1) is 9.49. The molecule has 2 aliphatic heterocycles. The van der Waals surface area contributed by atoms with Crippen LogP contribution in [-0.4, -0.2) is 66.2 Å². The average molecular weight is 283 g/mol. The van der Waals surface area contributed by atoms with Gasteiger partial charge in [-0.05, 0) is 64.6 Å². The Hall–Kier alpha value is -0.650. The number of rotatable bonds is 3. The van der Waals surface area contributed by atoms with Crippen molar-refractivity contribution >= 4 is 5.91 Å². The molecule has 2 aliphatic rings. The summed E-state index contributed by atoms with van der Waals surface area (Å²) in [7, 11) is 2.19. The van der Waals surface area contributed by atoms with Gasteiger partial charge in [0.25, 0.3) is 0 Å². The predicted molar refractivity (Wildman–Crippen MR) is 79.2 cm³/mol. The zero-order chi connectivity index (χ0) is 14.7. The number of likely N-dealkylation sites (tertiary alicyclic amines) is 2. The molecule has 20 heavy (non-hydrogen) atoms. The maximum Gasteiger partial charge on any atom is 0.242 e. The fourth-order valence-electron chi connectivity index (χ4n) is 3.51. The summed E-state index contributed by atoms with van der Waals surface area (Å²) in [5.41, 5.74) is 5.74. The van der Waals surface area contributed by atoms with Gasteiger partial charge < -0.3 is 20.6 Å². The van der Waals surface area contributed by atoms with E-state index in [9.17, 15) is 9.90 Å². The van der Waals surface area contributed by atoms with Crippen LogP contribution in [0.25, 0.3) is 0 Å². The Labute approximate surface area is 122 Å². The molecule has 2 heterocycles. The van der Waals surface area contributed by atoms with E-state index in [1.165, 1.54) is 25.9 Å². The first-order valence-corrected chi connectivity index (χ1v) is 7.90. The molecule has 5 heteroatoms. The minimum absolute atomic E-state index is 0.0955. The van der Waals surface area contributed by atoms with Gasteiger partial charge in [0.15, 0.2) is 0 Å². The second-order valence-corrected chi connectivity index (χ2v) is 6.57. The maximum atomic E-state index is 12.1. The molecule has 0 saturated carbocycles. The molecular formula is C15H29N3O2. The number of hydrogen-bond donors (Lipinski definition) is 2. The van der Waals surface area contributed by atoms with Gasteiger partial charge in [0.1, 0.15) is 6.04 Å². The zero-order valence-electron chi connectivity index (χ0n) is 12.8. The van der Waals surface area contributed by atoms with Gasteiger partial charge >= 0.3 is 0 Å². The van der Waals surface area contributed by atoms with Gasteiger partial charge in [0, 0.05) is 13.1 Å². The Morgan fingerprint density at radius 1 is 1.10 bits per heavy atom. The normalized spacial score (nSPS) is 26.5. The Bertz CT molecular complexity index is 319. The second-order valence-electron chi connectivity index (χ2n) is 6.57. The van der Waals surface area contributed by atoms with Crippen LogP contribution in [0.1, 0.15) is 32.6 Å². The van der Waals surface area contributed by atoms with Crippen molar-refractivity contribution in [1.82, 2.24) is 9.80 Å². The number of amides is 1. The van der Waals surface area contributed by atoms with Crippen LogP contribution in [0.15, 0.2) is 0 Å². The SMILES string of the molecule is C[C@@H](O)[C@@H](N)C(=O)N1CCC(C2CCN(C)CC2)CC1. The number of carbonyl (C=O) groups excluding carboxylic acids is 1. The lowest BCUT2D eigenvalue weighted by molar-refractivity contribution is -0.136. The van der Waals surface area contributed by atoms with E-state index in [0.717, 1.165) is 37.8 Å². The summed E-state index contributed by atoms with van der Waals surface area (Å²) in [6.07, 6.45) is 4.00. The summed E-state index contributed by atoms with van der Waals surface area (Å²) < 4.78 is 0. The molecule has 2 fully saturated rings. The van der Waals surface area contributed by atoms with E-state index in [2.05, 4.69) is 11.9 Å². The molecule has 0 spiro atoms. The Kier molecular flexibility index (Phi) is 5.41. The number of aliphatic hydroxyl groups excluding tert-OH is 1. The molecule has 0 aliphatic carbocycles. The van der Waals surface area contributed by atoms with E-state index >= 15 is 0 Å².